The normalized spacial score (nSPS) is 22.3. The summed E-state index contributed by atoms with van der Waals surface area (Å²) in [7, 11) is 0. The molecule has 7 N–H and O–H groups in total. The van der Waals surface area contributed by atoms with Crippen molar-refractivity contribution in [2.24, 2.45) is 5.73 Å². The van der Waals surface area contributed by atoms with Gasteiger partial charge in [-0.1, -0.05) is 24.3 Å². The molecule has 4 rings (SSSR count). The third kappa shape index (κ3) is 12.1. The molecule has 3 atom stereocenters. The van der Waals surface area contributed by atoms with Crippen molar-refractivity contribution >= 4 is 35.4 Å². The van der Waals surface area contributed by atoms with Crippen LogP contribution < -0.4 is 32.3 Å². The van der Waals surface area contributed by atoms with E-state index in [1.165, 1.54) is 6.26 Å². The number of nitrogens with zero attached hydrogens (tertiary/aromatic N) is 1. The van der Waals surface area contributed by atoms with Crippen LogP contribution in [0.15, 0.2) is 59.2 Å². The molecule has 0 saturated carbocycles. The Morgan fingerprint density at radius 1 is 0.940 bits per heavy atom. The molecule has 270 valence electrons. The summed E-state index contributed by atoms with van der Waals surface area (Å²) in [6, 6.07) is 8.13. The van der Waals surface area contributed by atoms with Crippen molar-refractivity contribution < 1.29 is 37.9 Å². The smallest absolute Gasteiger partial charge is 0.247 e. The molecule has 3 heterocycles. The van der Waals surface area contributed by atoms with Gasteiger partial charge in [0.25, 0.3) is 0 Å². The highest BCUT2D eigenvalue weighted by molar-refractivity contribution is 5.97. The van der Waals surface area contributed by atoms with Crippen molar-refractivity contribution in [3.05, 3.63) is 71.7 Å². The second kappa shape index (κ2) is 19.8. The minimum atomic E-state index is -0.979. The summed E-state index contributed by atoms with van der Waals surface area (Å²) in [5.74, 6) is -2.20. The summed E-state index contributed by atoms with van der Waals surface area (Å²) in [6.45, 7) is 1.66. The van der Waals surface area contributed by atoms with Gasteiger partial charge in [-0.2, -0.15) is 0 Å². The van der Waals surface area contributed by atoms with Gasteiger partial charge in [0.05, 0.1) is 25.9 Å². The van der Waals surface area contributed by atoms with E-state index in [1.807, 2.05) is 0 Å². The standard InChI is InChI=1S/C35H47N7O8/c36-13-18-49-19-15-38-34(47)28-12-14-37-30(43)10-11-33(46)42-16-4-3-8-26(42)21-32(45)41-29(22-27-9-5-17-50-27)35(48)39-23-25-7-2-1-6-24(25)20-31(44)40-28/h1-2,5-7,9-11,17,26,28-29H,3-4,8,12-16,18-23,36H2,(H,37,43)(H,38,47)(H,39,48)(H,40,44)(H,41,45)/b11-10+/t26-,28+,29+/m1/s1. The van der Waals surface area contributed by atoms with Crippen molar-refractivity contribution in [2.45, 2.75) is 69.6 Å². The lowest BCUT2D eigenvalue weighted by molar-refractivity contribution is -0.133. The molecule has 50 heavy (non-hydrogen) atoms. The Balaban J connectivity index is 1.55. The van der Waals surface area contributed by atoms with Gasteiger partial charge < -0.3 is 46.4 Å². The van der Waals surface area contributed by atoms with Crippen LogP contribution in [0.5, 0.6) is 0 Å². The predicted molar refractivity (Wildman–Crippen MR) is 182 cm³/mol. The highest BCUT2D eigenvalue weighted by Gasteiger charge is 2.30. The Morgan fingerprint density at radius 2 is 1.76 bits per heavy atom. The van der Waals surface area contributed by atoms with E-state index < -0.39 is 53.6 Å². The van der Waals surface area contributed by atoms with Crippen LogP contribution in [0, 0.1) is 0 Å². The van der Waals surface area contributed by atoms with Crippen molar-refractivity contribution in [2.75, 3.05) is 39.4 Å². The number of nitrogens with one attached hydrogen (secondary N) is 5. The number of fused-ring (bicyclic) bond motifs is 2. The number of furan rings is 1. The maximum Gasteiger partial charge on any atom is 0.247 e. The minimum Gasteiger partial charge on any atom is -0.469 e. The van der Waals surface area contributed by atoms with Gasteiger partial charge >= 0.3 is 0 Å². The molecule has 0 unspecified atom stereocenters. The Kier molecular flexibility index (Phi) is 15.0. The molecule has 1 saturated heterocycles. The van der Waals surface area contributed by atoms with Gasteiger partial charge in [0.1, 0.15) is 17.8 Å². The predicted octanol–water partition coefficient (Wildman–Crippen LogP) is -0.411. The summed E-state index contributed by atoms with van der Waals surface area (Å²) >= 11 is 0. The largest absolute Gasteiger partial charge is 0.469 e. The van der Waals surface area contributed by atoms with E-state index in [2.05, 4.69) is 26.6 Å². The van der Waals surface area contributed by atoms with Gasteiger partial charge in [-0.3, -0.25) is 28.8 Å². The molecule has 1 aromatic heterocycles. The average molecular weight is 694 g/mol. The number of hydrogen-bond acceptors (Lipinski definition) is 9. The zero-order valence-corrected chi connectivity index (χ0v) is 28.1. The van der Waals surface area contributed by atoms with Gasteiger partial charge in [-0.15, -0.1) is 0 Å². The lowest BCUT2D eigenvalue weighted by Crippen LogP contribution is -2.51. The molecule has 0 spiro atoms. The van der Waals surface area contributed by atoms with E-state index in [4.69, 9.17) is 14.9 Å². The van der Waals surface area contributed by atoms with Gasteiger partial charge in [0.15, 0.2) is 0 Å². The summed E-state index contributed by atoms with van der Waals surface area (Å²) < 4.78 is 10.8. The number of carbonyl (C=O) groups excluding carboxylic acids is 6. The molecule has 2 aliphatic rings. The molecule has 1 aromatic carbocycles. The van der Waals surface area contributed by atoms with Crippen LogP contribution in [-0.2, 0) is 52.9 Å². The molecule has 15 nitrogen and oxygen atoms in total. The summed E-state index contributed by atoms with van der Waals surface area (Å²) in [6.07, 6.45) is 6.01. The first-order valence-electron chi connectivity index (χ1n) is 17.0. The molecular formula is C35H47N7O8. The first kappa shape index (κ1) is 37.8. The van der Waals surface area contributed by atoms with Crippen LogP contribution >= 0.6 is 0 Å². The number of hydrogen-bond donors (Lipinski definition) is 6. The van der Waals surface area contributed by atoms with E-state index in [1.54, 1.807) is 41.3 Å². The van der Waals surface area contributed by atoms with Crippen LogP contribution in [0.3, 0.4) is 0 Å². The summed E-state index contributed by atoms with van der Waals surface area (Å²) in [5, 5.41) is 13.9. The number of ether oxygens (including phenoxy) is 1. The van der Waals surface area contributed by atoms with Crippen molar-refractivity contribution in [1.29, 1.82) is 0 Å². The topological polar surface area (TPSA) is 214 Å². The lowest BCUT2D eigenvalue weighted by Gasteiger charge is -2.35. The maximum absolute atomic E-state index is 13.5. The molecule has 2 aromatic rings. The molecule has 2 aliphatic heterocycles. The number of nitrogens with two attached hydrogens (primary N) is 1. The zero-order valence-electron chi connectivity index (χ0n) is 28.1. The second-order valence-corrected chi connectivity index (χ2v) is 12.2. The number of carbonyl (C=O) groups is 6. The minimum absolute atomic E-state index is 0.0196. The van der Waals surface area contributed by atoms with Gasteiger partial charge in [-0.05, 0) is 48.9 Å². The third-order valence-corrected chi connectivity index (χ3v) is 8.46. The molecule has 0 bridgehead atoms. The highest BCUT2D eigenvalue weighted by Crippen LogP contribution is 2.20. The third-order valence-electron chi connectivity index (χ3n) is 8.46. The van der Waals surface area contributed by atoms with E-state index in [-0.39, 0.29) is 51.9 Å². The Hall–Kier alpha value is -5.02. The monoisotopic (exact) mass is 693 g/mol. The Labute approximate surface area is 291 Å². The SMILES string of the molecule is NCCOCCNC(=O)[C@@H]1CCNC(=O)/C=C/C(=O)N2CCCC[C@@H]2CC(=O)N[C@@H](Cc2ccco2)C(=O)NCc2ccccc2CC(=O)N1. The fraction of sp³-hybridized carbons (Fsp3) is 0.486. The van der Waals surface area contributed by atoms with E-state index in [9.17, 15) is 28.8 Å². The van der Waals surface area contributed by atoms with Crippen LogP contribution in [0.4, 0.5) is 0 Å². The van der Waals surface area contributed by atoms with Gasteiger partial charge in [0.2, 0.25) is 35.4 Å². The second-order valence-electron chi connectivity index (χ2n) is 12.2. The Bertz CT molecular complexity index is 1500. The molecule has 0 aliphatic carbocycles. The Morgan fingerprint density at radius 3 is 2.54 bits per heavy atom. The number of rotatable bonds is 8. The average Bonchev–Trinajstić information content (AvgIpc) is 3.62. The summed E-state index contributed by atoms with van der Waals surface area (Å²) in [5.41, 5.74) is 6.74. The van der Waals surface area contributed by atoms with Crippen molar-refractivity contribution in [3.63, 3.8) is 0 Å². The fourth-order valence-corrected chi connectivity index (χ4v) is 5.90. The fourth-order valence-electron chi connectivity index (χ4n) is 5.90. The molecule has 1 fully saturated rings. The number of benzene rings is 1. The van der Waals surface area contributed by atoms with Crippen LogP contribution in [0.1, 0.15) is 49.0 Å². The van der Waals surface area contributed by atoms with Crippen LogP contribution in [-0.4, -0.2) is 97.9 Å². The van der Waals surface area contributed by atoms with Gasteiger partial charge in [0, 0.05) is 63.8 Å². The van der Waals surface area contributed by atoms with Crippen LogP contribution in [0.2, 0.25) is 0 Å². The number of piperidine rings is 1. The molecule has 0 radical (unpaired) electrons. The van der Waals surface area contributed by atoms with E-state index in [0.717, 1.165) is 25.0 Å². The lowest BCUT2D eigenvalue weighted by atomic mass is 9.98. The molecule has 15 heteroatoms. The molecule has 6 amide bonds. The molecular weight excluding hydrogens is 646 g/mol. The van der Waals surface area contributed by atoms with E-state index in [0.29, 0.717) is 43.0 Å². The first-order chi connectivity index (χ1) is 24.2. The number of amides is 6. The van der Waals surface area contributed by atoms with Crippen LogP contribution in [0.25, 0.3) is 0 Å². The quantitative estimate of drug-likeness (QED) is 0.198. The summed E-state index contributed by atoms with van der Waals surface area (Å²) in [4.78, 5) is 80.5. The van der Waals surface area contributed by atoms with Gasteiger partial charge in [-0.25, -0.2) is 0 Å². The maximum atomic E-state index is 13.5. The zero-order chi connectivity index (χ0) is 35.7. The first-order valence-corrected chi connectivity index (χ1v) is 17.0. The highest BCUT2D eigenvalue weighted by atomic mass is 16.5. The van der Waals surface area contributed by atoms with Crippen molar-refractivity contribution in [3.8, 4) is 0 Å². The van der Waals surface area contributed by atoms with E-state index >= 15 is 0 Å². The van der Waals surface area contributed by atoms with Crippen molar-refractivity contribution in [1.82, 2.24) is 31.5 Å².